The van der Waals surface area contributed by atoms with Crippen LogP contribution in [0.1, 0.15) is 49.8 Å². The summed E-state index contributed by atoms with van der Waals surface area (Å²) in [5, 5.41) is 40.7. The summed E-state index contributed by atoms with van der Waals surface area (Å²) in [5.74, 6) is -10.9. The quantitative estimate of drug-likeness (QED) is 0.0441. The van der Waals surface area contributed by atoms with Gasteiger partial charge in [0.05, 0.1) is 25.2 Å². The fourth-order valence-electron chi connectivity index (χ4n) is 6.19. The summed E-state index contributed by atoms with van der Waals surface area (Å²) in [6.45, 7) is -0.0376. The molecule has 0 radical (unpaired) electrons. The van der Waals surface area contributed by atoms with E-state index < -0.39 is 121 Å². The third kappa shape index (κ3) is 15.4. The number of aromatic amines is 1. The van der Waals surface area contributed by atoms with Crippen molar-refractivity contribution < 1.29 is 63.3 Å². The molecule has 0 saturated carbocycles. The standard InChI is InChI=1S/C36H49N11O13S/c37-20(12-28(39)50)30(53)44-23(13-29(51)52)35(58)47-9-1-2-26(47)34(57)43-22(11-18-14-40-16-41-18)32(55)46-25(15-61)33(56)42-21(7-8-27(38)49)31(54)45-24(36(59)60)10-17-3-5-19(48)6-4-17/h3-6,14,16,20-26,48,61H,1-2,7-13,15,37H2,(H2,38,49)(H2,39,50)(H,40,41)(H,42,56)(H,43,57)(H,44,53)(H,45,54)(H,46,55)(H,51,52)(H,59,60)/t20-,21-,22-,23-,24-,25-,26-/m0/s1. The molecule has 8 amide bonds. The van der Waals surface area contributed by atoms with Gasteiger partial charge in [-0.15, -0.1) is 0 Å². The summed E-state index contributed by atoms with van der Waals surface area (Å²) in [6, 6.07) is -4.87. The highest BCUT2D eigenvalue weighted by molar-refractivity contribution is 7.80. The average molecular weight is 876 g/mol. The van der Waals surface area contributed by atoms with Gasteiger partial charge in [-0.05, 0) is 37.0 Å². The van der Waals surface area contributed by atoms with Crippen molar-refractivity contribution in [3.05, 3.63) is 48.0 Å². The molecule has 15 N–H and O–H groups in total. The Labute approximate surface area is 352 Å². The molecule has 332 valence electrons. The lowest BCUT2D eigenvalue weighted by Crippen LogP contribution is -2.60. The van der Waals surface area contributed by atoms with Crippen LogP contribution in [0.4, 0.5) is 0 Å². The number of amides is 8. The number of carbonyl (C=O) groups excluding carboxylic acids is 8. The lowest BCUT2D eigenvalue weighted by molar-refractivity contribution is -0.146. The van der Waals surface area contributed by atoms with Crippen LogP contribution in [-0.4, -0.2) is 144 Å². The number of likely N-dealkylation sites (tertiary alicyclic amines) is 1. The second-order valence-corrected chi connectivity index (χ2v) is 14.4. The van der Waals surface area contributed by atoms with Crippen molar-refractivity contribution in [2.24, 2.45) is 17.2 Å². The number of hydrogen-bond donors (Lipinski definition) is 13. The molecule has 0 bridgehead atoms. The van der Waals surface area contributed by atoms with Gasteiger partial charge >= 0.3 is 11.9 Å². The second-order valence-electron chi connectivity index (χ2n) is 14.0. The van der Waals surface area contributed by atoms with E-state index in [9.17, 15) is 63.3 Å². The van der Waals surface area contributed by atoms with Crippen molar-refractivity contribution in [1.82, 2.24) is 41.5 Å². The van der Waals surface area contributed by atoms with Crippen molar-refractivity contribution in [2.75, 3.05) is 12.3 Å². The minimum Gasteiger partial charge on any atom is -0.508 e. The zero-order valence-corrected chi connectivity index (χ0v) is 33.5. The van der Waals surface area contributed by atoms with E-state index in [1.54, 1.807) is 0 Å². The number of primary amides is 2. The number of carbonyl (C=O) groups is 10. The van der Waals surface area contributed by atoms with Gasteiger partial charge in [-0.25, -0.2) is 9.78 Å². The van der Waals surface area contributed by atoms with Crippen molar-refractivity contribution in [3.8, 4) is 5.75 Å². The molecule has 1 saturated heterocycles. The van der Waals surface area contributed by atoms with Crippen LogP contribution < -0.4 is 43.8 Å². The first-order valence-electron chi connectivity index (χ1n) is 18.7. The Hall–Kier alpha value is -6.76. The molecule has 1 aliphatic heterocycles. The number of carboxylic acid groups (broad SMARTS) is 2. The number of phenolic OH excluding ortho intramolecular Hbond substituents is 1. The van der Waals surface area contributed by atoms with Crippen LogP contribution in [0, 0.1) is 0 Å². The minimum atomic E-state index is -1.70. The lowest BCUT2D eigenvalue weighted by atomic mass is 10.0. The van der Waals surface area contributed by atoms with Crippen molar-refractivity contribution in [2.45, 2.75) is 93.7 Å². The predicted molar refractivity (Wildman–Crippen MR) is 212 cm³/mol. The van der Waals surface area contributed by atoms with Gasteiger partial charge < -0.3 is 69.0 Å². The SMILES string of the molecule is NC(=O)CC[C@H](NC(=O)[C@H](CS)NC(=O)[C@H](Cc1cnc[nH]1)NC(=O)[C@@H]1CCCN1C(=O)[C@H](CC(=O)O)NC(=O)[C@@H](N)CC(N)=O)C(=O)N[C@@H](Cc1ccc(O)cc1)C(=O)O. The third-order valence-electron chi connectivity index (χ3n) is 9.32. The molecule has 2 heterocycles. The van der Waals surface area contributed by atoms with Gasteiger partial charge in [-0.3, -0.25) is 43.2 Å². The van der Waals surface area contributed by atoms with Gasteiger partial charge in [-0.1, -0.05) is 12.1 Å². The van der Waals surface area contributed by atoms with Crippen LogP contribution in [0.3, 0.4) is 0 Å². The summed E-state index contributed by atoms with van der Waals surface area (Å²) < 4.78 is 0. The van der Waals surface area contributed by atoms with E-state index in [-0.39, 0.29) is 50.2 Å². The van der Waals surface area contributed by atoms with Crippen LogP contribution in [0.25, 0.3) is 0 Å². The predicted octanol–water partition coefficient (Wildman–Crippen LogP) is -4.73. The highest BCUT2D eigenvalue weighted by Crippen LogP contribution is 2.20. The summed E-state index contributed by atoms with van der Waals surface area (Å²) in [7, 11) is 0. The molecule has 0 aliphatic carbocycles. The van der Waals surface area contributed by atoms with Gasteiger partial charge in [0.1, 0.15) is 42.0 Å². The second kappa shape index (κ2) is 23.1. The van der Waals surface area contributed by atoms with Crippen molar-refractivity contribution in [3.63, 3.8) is 0 Å². The van der Waals surface area contributed by atoms with Gasteiger partial charge in [0.25, 0.3) is 0 Å². The molecule has 61 heavy (non-hydrogen) atoms. The van der Waals surface area contributed by atoms with Gasteiger partial charge in [-0.2, -0.15) is 12.6 Å². The molecule has 7 atom stereocenters. The van der Waals surface area contributed by atoms with Crippen LogP contribution in [0.2, 0.25) is 0 Å². The molecule has 25 heteroatoms. The summed E-state index contributed by atoms with van der Waals surface area (Å²) in [5.41, 5.74) is 16.8. The van der Waals surface area contributed by atoms with Crippen LogP contribution in [0.5, 0.6) is 5.75 Å². The Bertz CT molecular complexity index is 1930. The number of H-pyrrole nitrogens is 1. The van der Waals surface area contributed by atoms with Crippen LogP contribution in [0.15, 0.2) is 36.8 Å². The molecule has 1 aliphatic rings. The van der Waals surface area contributed by atoms with Crippen molar-refractivity contribution in [1.29, 1.82) is 0 Å². The fraction of sp³-hybridized carbons (Fsp3) is 0.472. The Morgan fingerprint density at radius 1 is 0.787 bits per heavy atom. The number of benzene rings is 1. The zero-order valence-electron chi connectivity index (χ0n) is 32.6. The van der Waals surface area contributed by atoms with E-state index in [4.69, 9.17) is 17.2 Å². The van der Waals surface area contributed by atoms with E-state index >= 15 is 0 Å². The highest BCUT2D eigenvalue weighted by atomic mass is 32.1. The smallest absolute Gasteiger partial charge is 0.326 e. The normalized spacial score (nSPS) is 16.4. The number of nitrogens with one attached hydrogen (secondary N) is 6. The Morgan fingerprint density at radius 3 is 1.97 bits per heavy atom. The molecule has 24 nitrogen and oxygen atoms in total. The topological polar surface area (TPSA) is 402 Å². The van der Waals surface area contributed by atoms with Gasteiger partial charge in [0, 0.05) is 43.5 Å². The molecular weight excluding hydrogens is 827 g/mol. The number of aliphatic carboxylic acids is 2. The molecule has 0 spiro atoms. The summed E-state index contributed by atoms with van der Waals surface area (Å²) in [4.78, 5) is 135. The Kier molecular flexibility index (Phi) is 18.4. The number of imidazole rings is 1. The molecule has 1 fully saturated rings. The van der Waals surface area contributed by atoms with Gasteiger partial charge in [0.15, 0.2) is 0 Å². The maximum absolute atomic E-state index is 13.8. The molecule has 0 unspecified atom stereocenters. The molecular formula is C36H49N11O13S. The van der Waals surface area contributed by atoms with Crippen LogP contribution >= 0.6 is 12.6 Å². The minimum absolute atomic E-state index is 0.0376. The molecule has 1 aromatic heterocycles. The maximum Gasteiger partial charge on any atom is 0.326 e. The monoisotopic (exact) mass is 875 g/mol. The number of aromatic hydroxyl groups is 1. The van der Waals surface area contributed by atoms with Crippen molar-refractivity contribution >= 4 is 71.8 Å². The number of carboxylic acids is 2. The Balaban J connectivity index is 1.78. The first-order chi connectivity index (χ1) is 28.8. The third-order valence-corrected chi connectivity index (χ3v) is 9.69. The average Bonchev–Trinajstić information content (AvgIpc) is 3.90. The molecule has 3 rings (SSSR count). The Morgan fingerprint density at radius 2 is 1.39 bits per heavy atom. The van der Waals surface area contributed by atoms with E-state index in [0.29, 0.717) is 11.3 Å². The van der Waals surface area contributed by atoms with Gasteiger partial charge in [0.2, 0.25) is 47.3 Å². The van der Waals surface area contributed by atoms with E-state index in [0.717, 1.165) is 4.90 Å². The largest absolute Gasteiger partial charge is 0.508 e. The summed E-state index contributed by atoms with van der Waals surface area (Å²) >= 11 is 4.17. The first kappa shape index (κ1) is 48.6. The maximum atomic E-state index is 13.8. The number of nitrogens with two attached hydrogens (primary N) is 3. The lowest BCUT2D eigenvalue weighted by Gasteiger charge is -2.30. The van der Waals surface area contributed by atoms with E-state index in [1.165, 1.54) is 36.8 Å². The summed E-state index contributed by atoms with van der Waals surface area (Å²) in [6.07, 6.45) is 0.299. The first-order valence-corrected chi connectivity index (χ1v) is 19.4. The van der Waals surface area contributed by atoms with E-state index in [2.05, 4.69) is 49.2 Å². The fourth-order valence-corrected chi connectivity index (χ4v) is 6.45. The number of aromatic nitrogens is 2. The zero-order chi connectivity index (χ0) is 45.4. The number of phenols is 1. The van der Waals surface area contributed by atoms with E-state index in [1.807, 2.05) is 0 Å². The molecule has 2 aromatic rings. The highest BCUT2D eigenvalue weighted by Gasteiger charge is 2.40. The molecule has 1 aromatic carbocycles. The number of hydrogen-bond acceptors (Lipinski definition) is 14. The number of nitrogens with zero attached hydrogens (tertiary/aromatic N) is 2. The number of rotatable bonds is 24. The number of thiol groups is 1. The van der Waals surface area contributed by atoms with Crippen LogP contribution in [-0.2, 0) is 60.8 Å².